The first kappa shape index (κ1) is 15.7. The second-order valence-electron chi connectivity index (χ2n) is 6.94. The Morgan fingerprint density at radius 2 is 2.00 bits per heavy atom. The van der Waals surface area contributed by atoms with Crippen molar-refractivity contribution in [1.82, 2.24) is 0 Å². The van der Waals surface area contributed by atoms with E-state index in [1.54, 1.807) is 19.9 Å². The first-order valence-electron chi connectivity index (χ1n) is 7.48. The molecule has 0 heterocycles. The summed E-state index contributed by atoms with van der Waals surface area (Å²) in [7, 11) is 0. The van der Waals surface area contributed by atoms with E-state index in [9.17, 15) is 15.0 Å². The molecule has 0 aromatic rings. The molecule has 0 amide bonds. The molecule has 4 heteroatoms. The summed E-state index contributed by atoms with van der Waals surface area (Å²) in [6.07, 6.45) is 4.67. The highest BCUT2D eigenvalue weighted by atomic mass is 16.3. The number of rotatable bonds is 3. The zero-order valence-electron chi connectivity index (χ0n) is 12.5. The third-order valence-electron chi connectivity index (χ3n) is 5.50. The smallest absolute Gasteiger partial charge is 0.144 e. The molecule has 20 heavy (non-hydrogen) atoms. The Morgan fingerprint density at radius 1 is 1.35 bits per heavy atom. The summed E-state index contributed by atoms with van der Waals surface area (Å²) < 4.78 is 0. The molecule has 0 bridgehead atoms. The summed E-state index contributed by atoms with van der Waals surface area (Å²) >= 11 is 0. The molecule has 2 rings (SSSR count). The van der Waals surface area contributed by atoms with Crippen LogP contribution in [0.15, 0.2) is 12.2 Å². The van der Waals surface area contributed by atoms with E-state index in [-0.39, 0.29) is 30.6 Å². The van der Waals surface area contributed by atoms with Crippen molar-refractivity contribution in [3.63, 3.8) is 0 Å². The minimum absolute atomic E-state index is 0.0198. The molecule has 0 saturated heterocycles. The van der Waals surface area contributed by atoms with Crippen LogP contribution in [-0.4, -0.2) is 39.4 Å². The molecule has 0 aromatic heterocycles. The molecule has 1 fully saturated rings. The molecule has 4 nitrogen and oxygen atoms in total. The molecule has 6 atom stereocenters. The van der Waals surface area contributed by atoms with E-state index >= 15 is 0 Å². The van der Waals surface area contributed by atoms with Crippen molar-refractivity contribution in [1.29, 1.82) is 0 Å². The quantitative estimate of drug-likeness (QED) is 0.682. The normalized spacial score (nSPS) is 47.9. The van der Waals surface area contributed by atoms with Gasteiger partial charge in [-0.25, -0.2) is 0 Å². The molecule has 6 unspecified atom stereocenters. The van der Waals surface area contributed by atoms with Crippen molar-refractivity contribution < 1.29 is 20.1 Å². The first-order chi connectivity index (χ1) is 9.24. The van der Waals surface area contributed by atoms with Crippen molar-refractivity contribution in [2.75, 3.05) is 6.61 Å². The van der Waals surface area contributed by atoms with E-state index < -0.39 is 17.1 Å². The Kier molecular flexibility index (Phi) is 4.11. The molecule has 0 radical (unpaired) electrons. The molecule has 0 aliphatic heterocycles. The zero-order chi connectivity index (χ0) is 15.1. The molecule has 114 valence electrons. The fraction of sp³-hybridized carbons (Fsp3) is 0.812. The average molecular weight is 282 g/mol. The number of Topliss-reactive ketones (excluding diaryl/α,β-unsaturated/α-hetero) is 1. The van der Waals surface area contributed by atoms with E-state index in [2.05, 4.69) is 6.92 Å². The van der Waals surface area contributed by atoms with Crippen molar-refractivity contribution in [2.24, 2.45) is 23.2 Å². The summed E-state index contributed by atoms with van der Waals surface area (Å²) in [5.74, 6) is 0.0773. The number of hydrogen-bond acceptors (Lipinski definition) is 4. The fourth-order valence-corrected chi connectivity index (χ4v) is 4.21. The molecular weight excluding hydrogens is 256 g/mol. The van der Waals surface area contributed by atoms with Crippen molar-refractivity contribution in [3.8, 4) is 0 Å². The predicted molar refractivity (Wildman–Crippen MR) is 76.0 cm³/mol. The van der Waals surface area contributed by atoms with Gasteiger partial charge >= 0.3 is 0 Å². The van der Waals surface area contributed by atoms with Crippen molar-refractivity contribution in [2.45, 2.75) is 51.7 Å². The fourth-order valence-electron chi connectivity index (χ4n) is 4.21. The molecule has 2 aliphatic rings. The maximum absolute atomic E-state index is 12.6. The van der Waals surface area contributed by atoms with Crippen LogP contribution in [0.3, 0.4) is 0 Å². The average Bonchev–Trinajstić information content (AvgIpc) is 2.33. The van der Waals surface area contributed by atoms with Gasteiger partial charge in [-0.2, -0.15) is 0 Å². The summed E-state index contributed by atoms with van der Waals surface area (Å²) in [4.78, 5) is 12.6. The van der Waals surface area contributed by atoms with E-state index in [0.29, 0.717) is 12.3 Å². The van der Waals surface area contributed by atoms with Crippen LogP contribution in [0.4, 0.5) is 0 Å². The van der Waals surface area contributed by atoms with Crippen molar-refractivity contribution in [3.05, 3.63) is 12.2 Å². The van der Waals surface area contributed by atoms with Crippen LogP contribution in [0.5, 0.6) is 0 Å². The molecule has 3 N–H and O–H groups in total. The van der Waals surface area contributed by atoms with Gasteiger partial charge in [0.15, 0.2) is 0 Å². The lowest BCUT2D eigenvalue weighted by molar-refractivity contribution is -0.166. The second-order valence-corrected chi connectivity index (χ2v) is 6.94. The van der Waals surface area contributed by atoms with Gasteiger partial charge < -0.3 is 15.3 Å². The number of fused-ring (bicyclic) bond motifs is 1. The Labute approximate surface area is 120 Å². The molecular formula is C16H26O4. The molecule has 1 saturated carbocycles. The monoisotopic (exact) mass is 282 g/mol. The Balaban J connectivity index is 2.45. The van der Waals surface area contributed by atoms with Crippen LogP contribution >= 0.6 is 0 Å². The van der Waals surface area contributed by atoms with Crippen LogP contribution in [0.25, 0.3) is 0 Å². The minimum atomic E-state index is -1.29. The SMILES string of the molecule is CC1CC(O)C2C(C=CC(C)(O)C2(C)C(=O)CCO)C1. The zero-order valence-corrected chi connectivity index (χ0v) is 12.5. The highest BCUT2D eigenvalue weighted by Gasteiger charge is 2.59. The summed E-state index contributed by atoms with van der Waals surface area (Å²) in [6.45, 7) is 5.25. The minimum Gasteiger partial charge on any atom is -0.396 e. The Hall–Kier alpha value is -0.710. The summed E-state index contributed by atoms with van der Waals surface area (Å²) in [5, 5.41) is 30.3. The Morgan fingerprint density at radius 3 is 2.60 bits per heavy atom. The highest BCUT2D eigenvalue weighted by molar-refractivity contribution is 5.87. The number of aliphatic hydroxyl groups is 3. The maximum atomic E-state index is 12.6. The highest BCUT2D eigenvalue weighted by Crippen LogP contribution is 2.54. The number of carbonyl (C=O) groups is 1. The summed E-state index contributed by atoms with van der Waals surface area (Å²) in [5.41, 5.74) is -2.34. The number of ketones is 1. The number of aliphatic hydroxyl groups excluding tert-OH is 2. The number of allylic oxidation sites excluding steroid dienone is 1. The molecule has 2 aliphatic carbocycles. The van der Waals surface area contributed by atoms with Gasteiger partial charge in [0.05, 0.1) is 17.1 Å². The van der Waals surface area contributed by atoms with E-state index in [1.807, 2.05) is 6.08 Å². The van der Waals surface area contributed by atoms with Gasteiger partial charge in [0.25, 0.3) is 0 Å². The van der Waals surface area contributed by atoms with Gasteiger partial charge in [0, 0.05) is 18.9 Å². The second kappa shape index (κ2) is 5.24. The van der Waals surface area contributed by atoms with Gasteiger partial charge in [-0.05, 0) is 38.5 Å². The lowest BCUT2D eigenvalue weighted by Crippen LogP contribution is -2.61. The van der Waals surface area contributed by atoms with Crippen LogP contribution in [-0.2, 0) is 4.79 Å². The van der Waals surface area contributed by atoms with Crippen LogP contribution in [0, 0.1) is 23.2 Å². The maximum Gasteiger partial charge on any atom is 0.144 e. The van der Waals surface area contributed by atoms with E-state index in [4.69, 9.17) is 5.11 Å². The summed E-state index contributed by atoms with van der Waals surface area (Å²) in [6, 6.07) is 0. The van der Waals surface area contributed by atoms with Gasteiger partial charge in [-0.15, -0.1) is 0 Å². The predicted octanol–water partition coefficient (Wildman–Crippen LogP) is 1.29. The Bertz CT molecular complexity index is 415. The van der Waals surface area contributed by atoms with Gasteiger partial charge in [-0.1, -0.05) is 19.1 Å². The van der Waals surface area contributed by atoms with Crippen LogP contribution in [0.2, 0.25) is 0 Å². The lowest BCUT2D eigenvalue weighted by atomic mass is 9.51. The van der Waals surface area contributed by atoms with E-state index in [0.717, 1.165) is 6.42 Å². The van der Waals surface area contributed by atoms with Crippen molar-refractivity contribution >= 4 is 5.78 Å². The standard InChI is InChI=1S/C16H26O4/c1-10-8-11-4-6-15(2,20)16(3,13(19)5-7-17)14(11)12(18)9-10/h4,6,10-12,14,17-18,20H,5,7-9H2,1-3H3. The largest absolute Gasteiger partial charge is 0.396 e. The number of carbonyl (C=O) groups excluding carboxylic acids is 1. The first-order valence-corrected chi connectivity index (χ1v) is 7.48. The third kappa shape index (κ3) is 2.24. The lowest BCUT2D eigenvalue weighted by Gasteiger charge is -2.54. The van der Waals surface area contributed by atoms with Gasteiger partial charge in [0.2, 0.25) is 0 Å². The van der Waals surface area contributed by atoms with Crippen LogP contribution in [0.1, 0.15) is 40.0 Å². The van der Waals surface area contributed by atoms with Gasteiger partial charge in [-0.3, -0.25) is 4.79 Å². The van der Waals surface area contributed by atoms with Crippen LogP contribution < -0.4 is 0 Å². The number of hydrogen-bond donors (Lipinski definition) is 3. The van der Waals surface area contributed by atoms with E-state index in [1.165, 1.54) is 0 Å². The third-order valence-corrected chi connectivity index (χ3v) is 5.50. The molecule has 0 spiro atoms. The van der Waals surface area contributed by atoms with Gasteiger partial charge in [0.1, 0.15) is 5.78 Å². The topological polar surface area (TPSA) is 77.8 Å². The molecule has 0 aromatic carbocycles.